The minimum Gasteiger partial charge on any atom is -0.439 e. The molecule has 2 aromatic rings. The lowest BCUT2D eigenvalue weighted by molar-refractivity contribution is -0.137. The van der Waals surface area contributed by atoms with Crippen LogP contribution in [-0.4, -0.2) is 42.8 Å². The zero-order chi connectivity index (χ0) is 19.5. The van der Waals surface area contributed by atoms with Crippen LogP contribution in [-0.2, 0) is 10.9 Å². The number of anilines is 1. The smallest absolute Gasteiger partial charge is 0.416 e. The molecule has 28 heavy (non-hydrogen) atoms. The lowest BCUT2D eigenvalue weighted by atomic mass is 9.75. The summed E-state index contributed by atoms with van der Waals surface area (Å²) in [7, 11) is 0. The van der Waals surface area contributed by atoms with Crippen LogP contribution in [0.2, 0.25) is 0 Å². The minimum absolute atomic E-state index is 0.324. The molecule has 1 atom stereocenters. The Hall–Kier alpha value is -2.06. The molecule has 4 saturated heterocycles. The summed E-state index contributed by atoms with van der Waals surface area (Å²) >= 11 is 1.40. The maximum Gasteiger partial charge on any atom is 0.416 e. The molecule has 4 fully saturated rings. The number of nitrogens with zero attached hydrogens (tertiary/aromatic N) is 2. The molecule has 1 amide bonds. The van der Waals surface area contributed by atoms with Gasteiger partial charge < -0.3 is 4.74 Å². The number of thiophene rings is 1. The Bertz CT molecular complexity index is 903. The molecule has 6 rings (SSSR count). The molecule has 148 valence electrons. The van der Waals surface area contributed by atoms with E-state index in [1.54, 1.807) is 4.90 Å². The number of rotatable bonds is 2. The van der Waals surface area contributed by atoms with Crippen molar-refractivity contribution in [2.75, 3.05) is 31.1 Å². The third-order valence-corrected chi connectivity index (χ3v) is 7.27. The van der Waals surface area contributed by atoms with Crippen LogP contribution < -0.4 is 4.90 Å². The van der Waals surface area contributed by atoms with Crippen molar-refractivity contribution in [3.05, 3.63) is 42.0 Å². The molecule has 4 nitrogen and oxygen atoms in total. The maximum absolute atomic E-state index is 12.8. The molecule has 0 unspecified atom stereocenters. The van der Waals surface area contributed by atoms with Crippen molar-refractivity contribution in [2.45, 2.75) is 24.6 Å². The number of ether oxygens (including phenoxy) is 1. The molecule has 0 aliphatic carbocycles. The van der Waals surface area contributed by atoms with Gasteiger partial charge in [-0.1, -0.05) is 12.1 Å². The van der Waals surface area contributed by atoms with Gasteiger partial charge in [0.25, 0.3) is 0 Å². The number of piperidine rings is 3. The normalized spacial score (nSPS) is 29.5. The van der Waals surface area contributed by atoms with Gasteiger partial charge in [-0.05, 0) is 55.8 Å². The van der Waals surface area contributed by atoms with Crippen LogP contribution in [0.15, 0.2) is 36.4 Å². The Morgan fingerprint density at radius 1 is 1.04 bits per heavy atom. The minimum atomic E-state index is -4.35. The summed E-state index contributed by atoms with van der Waals surface area (Å²) in [6.07, 6.45) is -2.55. The molecule has 1 spiro atoms. The number of benzene rings is 1. The highest BCUT2D eigenvalue weighted by atomic mass is 32.1. The topological polar surface area (TPSA) is 32.8 Å². The first-order chi connectivity index (χ1) is 13.3. The number of hydrogen-bond donors (Lipinski definition) is 0. The zero-order valence-electron chi connectivity index (χ0n) is 15.0. The maximum atomic E-state index is 12.8. The SMILES string of the molecule is O=C1O[C@]2(CN3CCC2CC3)CN1c1ccc(-c2ccc(C(F)(F)F)cc2)s1. The summed E-state index contributed by atoms with van der Waals surface area (Å²) in [5, 5.41) is 0.771. The monoisotopic (exact) mass is 408 g/mol. The summed E-state index contributed by atoms with van der Waals surface area (Å²) in [6, 6.07) is 8.80. The Kier molecular flexibility index (Phi) is 4.00. The molecule has 1 aromatic heterocycles. The highest BCUT2D eigenvalue weighted by molar-refractivity contribution is 7.19. The van der Waals surface area contributed by atoms with Gasteiger partial charge in [0.1, 0.15) is 10.6 Å². The van der Waals surface area contributed by atoms with Gasteiger partial charge in [0.15, 0.2) is 0 Å². The van der Waals surface area contributed by atoms with Gasteiger partial charge in [0.05, 0.1) is 12.1 Å². The molecule has 4 aliphatic rings. The van der Waals surface area contributed by atoms with Crippen LogP contribution in [0.1, 0.15) is 18.4 Å². The first-order valence-electron chi connectivity index (χ1n) is 9.34. The summed E-state index contributed by atoms with van der Waals surface area (Å²) in [4.78, 5) is 17.5. The van der Waals surface area contributed by atoms with E-state index in [0.29, 0.717) is 18.0 Å². The lowest BCUT2D eigenvalue weighted by Gasteiger charge is -2.49. The van der Waals surface area contributed by atoms with Crippen LogP contribution in [0, 0.1) is 5.92 Å². The Morgan fingerprint density at radius 2 is 1.75 bits per heavy atom. The highest BCUT2D eigenvalue weighted by Crippen LogP contribution is 2.45. The van der Waals surface area contributed by atoms with Crippen LogP contribution in [0.5, 0.6) is 0 Å². The van der Waals surface area contributed by atoms with E-state index in [2.05, 4.69) is 4.90 Å². The summed E-state index contributed by atoms with van der Waals surface area (Å²) in [6.45, 7) is 3.47. The van der Waals surface area contributed by atoms with Gasteiger partial charge in [-0.2, -0.15) is 13.2 Å². The van der Waals surface area contributed by atoms with Crippen molar-refractivity contribution in [1.82, 2.24) is 4.90 Å². The molecular formula is C20H19F3N2O2S. The van der Waals surface area contributed by atoms with Gasteiger partial charge in [-0.25, -0.2) is 4.79 Å². The Labute approximate surface area is 164 Å². The molecule has 5 heterocycles. The fourth-order valence-corrected chi connectivity index (χ4v) is 5.63. The van der Waals surface area contributed by atoms with E-state index < -0.39 is 17.3 Å². The standard InChI is InChI=1S/C20H19F3N2O2S/c21-20(22,23)15-3-1-13(2-4-15)16-5-6-17(28-16)25-12-19(27-18(25)26)11-24-9-7-14(19)8-10-24/h1-6,14H,7-12H2/t19-/m1/s1. The van der Waals surface area contributed by atoms with Crippen molar-refractivity contribution >= 4 is 22.4 Å². The third kappa shape index (κ3) is 2.90. The van der Waals surface area contributed by atoms with Crippen molar-refractivity contribution in [2.24, 2.45) is 5.92 Å². The number of carbonyl (C=O) groups excluding carboxylic acids is 1. The van der Waals surface area contributed by atoms with E-state index in [-0.39, 0.29) is 6.09 Å². The van der Waals surface area contributed by atoms with Crippen molar-refractivity contribution < 1.29 is 22.7 Å². The van der Waals surface area contributed by atoms with E-state index in [0.717, 1.165) is 54.5 Å². The second kappa shape index (κ2) is 6.22. The van der Waals surface area contributed by atoms with Crippen LogP contribution in [0.3, 0.4) is 0 Å². The number of alkyl halides is 3. The summed E-state index contributed by atoms with van der Waals surface area (Å²) in [5.74, 6) is 0.404. The van der Waals surface area contributed by atoms with Crippen molar-refractivity contribution in [3.8, 4) is 10.4 Å². The van der Waals surface area contributed by atoms with Crippen molar-refractivity contribution in [1.29, 1.82) is 0 Å². The molecule has 2 bridgehead atoms. The predicted molar refractivity (Wildman–Crippen MR) is 100 cm³/mol. The van der Waals surface area contributed by atoms with Crippen LogP contribution in [0.25, 0.3) is 10.4 Å². The molecule has 4 aliphatic heterocycles. The van der Waals surface area contributed by atoms with Gasteiger partial charge in [0, 0.05) is 17.3 Å². The van der Waals surface area contributed by atoms with E-state index in [4.69, 9.17) is 4.74 Å². The van der Waals surface area contributed by atoms with Crippen LogP contribution >= 0.6 is 11.3 Å². The second-order valence-corrected chi connectivity index (χ2v) is 8.84. The van der Waals surface area contributed by atoms with Gasteiger partial charge in [-0.3, -0.25) is 9.80 Å². The summed E-state index contributed by atoms with van der Waals surface area (Å²) < 4.78 is 44.1. The molecule has 0 N–H and O–H groups in total. The number of amides is 1. The molecule has 8 heteroatoms. The number of carbonyl (C=O) groups is 1. The fourth-order valence-electron chi connectivity index (χ4n) is 4.63. The Balaban J connectivity index is 1.37. The van der Waals surface area contributed by atoms with Crippen LogP contribution in [0.4, 0.5) is 23.0 Å². The van der Waals surface area contributed by atoms with Gasteiger partial charge in [0.2, 0.25) is 0 Å². The Morgan fingerprint density at radius 3 is 2.36 bits per heavy atom. The third-order valence-electron chi connectivity index (χ3n) is 6.11. The predicted octanol–water partition coefficient (Wildman–Crippen LogP) is 4.85. The lowest BCUT2D eigenvalue weighted by Crippen LogP contribution is -2.61. The van der Waals surface area contributed by atoms with E-state index in [1.165, 1.54) is 23.5 Å². The number of hydrogen-bond acceptors (Lipinski definition) is 4. The molecular weight excluding hydrogens is 389 g/mol. The first-order valence-corrected chi connectivity index (χ1v) is 10.2. The largest absolute Gasteiger partial charge is 0.439 e. The second-order valence-electron chi connectivity index (χ2n) is 7.78. The van der Waals surface area contributed by atoms with E-state index in [9.17, 15) is 18.0 Å². The highest BCUT2D eigenvalue weighted by Gasteiger charge is 2.55. The fraction of sp³-hybridized carbons (Fsp3) is 0.450. The van der Waals surface area contributed by atoms with E-state index >= 15 is 0 Å². The number of fused-ring (bicyclic) bond motifs is 2. The first kappa shape index (κ1) is 18.0. The molecule has 0 saturated carbocycles. The molecule has 1 aromatic carbocycles. The average Bonchev–Trinajstić information content (AvgIpc) is 3.27. The number of halogens is 3. The van der Waals surface area contributed by atoms with Gasteiger partial charge in [-0.15, -0.1) is 11.3 Å². The van der Waals surface area contributed by atoms with Crippen molar-refractivity contribution in [3.63, 3.8) is 0 Å². The van der Waals surface area contributed by atoms with Gasteiger partial charge >= 0.3 is 12.3 Å². The van der Waals surface area contributed by atoms with E-state index in [1.807, 2.05) is 12.1 Å². The quantitative estimate of drug-likeness (QED) is 0.712. The average molecular weight is 408 g/mol. The summed E-state index contributed by atoms with van der Waals surface area (Å²) in [5.41, 5.74) is -0.388. The zero-order valence-corrected chi connectivity index (χ0v) is 15.9. The molecule has 0 radical (unpaired) electrons.